The number of amides is 3. The fourth-order valence-corrected chi connectivity index (χ4v) is 3.60. The van der Waals surface area contributed by atoms with Gasteiger partial charge in [0.2, 0.25) is 0 Å². The molecule has 0 aliphatic carbocycles. The molecular formula is C20H24N6O2. The quantitative estimate of drug-likeness (QED) is 0.851. The molecule has 2 bridgehead atoms. The number of pyridine rings is 2. The van der Waals surface area contributed by atoms with E-state index >= 15 is 0 Å². The van der Waals surface area contributed by atoms with Crippen LogP contribution in [0.25, 0.3) is 0 Å². The Hall–Kier alpha value is -3.16. The van der Waals surface area contributed by atoms with Crippen molar-refractivity contribution in [2.45, 2.75) is 38.8 Å². The molecule has 28 heavy (non-hydrogen) atoms. The highest BCUT2D eigenvalue weighted by Crippen LogP contribution is 2.39. The smallest absolute Gasteiger partial charge is 0.329 e. The van der Waals surface area contributed by atoms with Gasteiger partial charge in [-0.3, -0.25) is 15.0 Å². The second kappa shape index (κ2) is 7.46. The SMILES string of the molecule is CCC(C)NC(=O)c1ccc2c(n1)N(C(=O)Nc1ccccn1)[C@H]1CCN2C1. The summed E-state index contributed by atoms with van der Waals surface area (Å²) in [6, 6.07) is 8.78. The molecule has 8 nitrogen and oxygen atoms in total. The summed E-state index contributed by atoms with van der Waals surface area (Å²) in [4.78, 5) is 38.2. The van der Waals surface area contributed by atoms with Crippen molar-refractivity contribution in [3.05, 3.63) is 42.2 Å². The second-order valence-corrected chi connectivity index (χ2v) is 7.23. The zero-order chi connectivity index (χ0) is 19.7. The first-order valence-corrected chi connectivity index (χ1v) is 9.65. The van der Waals surface area contributed by atoms with Crippen LogP contribution < -0.4 is 20.4 Å². The molecule has 146 valence electrons. The number of nitrogens with one attached hydrogen (secondary N) is 2. The Labute approximate surface area is 164 Å². The highest BCUT2D eigenvalue weighted by atomic mass is 16.2. The maximum atomic E-state index is 13.0. The lowest BCUT2D eigenvalue weighted by molar-refractivity contribution is 0.0934. The van der Waals surface area contributed by atoms with Gasteiger partial charge in [0.25, 0.3) is 5.91 Å². The van der Waals surface area contributed by atoms with Crippen molar-refractivity contribution in [3.63, 3.8) is 0 Å². The fraction of sp³-hybridized carbons (Fsp3) is 0.400. The summed E-state index contributed by atoms with van der Waals surface area (Å²) in [6.45, 7) is 5.60. The van der Waals surface area contributed by atoms with Gasteiger partial charge in [0.1, 0.15) is 11.5 Å². The molecule has 1 unspecified atom stereocenters. The number of urea groups is 1. The Morgan fingerprint density at radius 3 is 2.89 bits per heavy atom. The van der Waals surface area contributed by atoms with Gasteiger partial charge in [0, 0.05) is 25.3 Å². The molecule has 0 saturated carbocycles. The predicted molar refractivity (Wildman–Crippen MR) is 108 cm³/mol. The van der Waals surface area contributed by atoms with Crippen molar-refractivity contribution in [3.8, 4) is 0 Å². The van der Waals surface area contributed by atoms with Crippen LogP contribution >= 0.6 is 0 Å². The molecule has 8 heteroatoms. The summed E-state index contributed by atoms with van der Waals surface area (Å²) in [6.07, 6.45) is 3.33. The number of carbonyl (C=O) groups excluding carboxylic acids is 2. The van der Waals surface area contributed by atoms with E-state index in [1.54, 1.807) is 29.3 Å². The van der Waals surface area contributed by atoms with Gasteiger partial charge in [0.05, 0.1) is 11.7 Å². The van der Waals surface area contributed by atoms with Crippen LogP contribution in [0.1, 0.15) is 37.2 Å². The van der Waals surface area contributed by atoms with Crippen LogP contribution in [0.3, 0.4) is 0 Å². The molecule has 1 fully saturated rings. The number of anilines is 3. The van der Waals surface area contributed by atoms with E-state index in [0.29, 0.717) is 17.3 Å². The van der Waals surface area contributed by atoms with E-state index in [0.717, 1.165) is 31.6 Å². The van der Waals surface area contributed by atoms with Crippen molar-refractivity contribution < 1.29 is 9.59 Å². The number of hydrogen-bond donors (Lipinski definition) is 2. The molecule has 2 aliphatic rings. The van der Waals surface area contributed by atoms with E-state index < -0.39 is 0 Å². The summed E-state index contributed by atoms with van der Waals surface area (Å²) in [7, 11) is 0. The second-order valence-electron chi connectivity index (χ2n) is 7.23. The highest BCUT2D eigenvalue weighted by molar-refractivity contribution is 6.05. The van der Waals surface area contributed by atoms with Crippen LogP contribution in [0.2, 0.25) is 0 Å². The summed E-state index contributed by atoms with van der Waals surface area (Å²) in [5.74, 6) is 0.786. The Morgan fingerprint density at radius 2 is 2.14 bits per heavy atom. The van der Waals surface area contributed by atoms with E-state index in [1.807, 2.05) is 26.0 Å². The van der Waals surface area contributed by atoms with Crippen molar-refractivity contribution >= 4 is 29.3 Å². The Morgan fingerprint density at radius 1 is 1.29 bits per heavy atom. The first-order valence-electron chi connectivity index (χ1n) is 9.65. The fourth-order valence-electron chi connectivity index (χ4n) is 3.60. The number of carbonyl (C=O) groups is 2. The highest BCUT2D eigenvalue weighted by Gasteiger charge is 2.40. The minimum Gasteiger partial charge on any atom is -0.366 e. The predicted octanol–water partition coefficient (Wildman–Crippen LogP) is 2.64. The van der Waals surface area contributed by atoms with E-state index in [1.165, 1.54) is 0 Å². The first-order chi connectivity index (χ1) is 13.6. The van der Waals surface area contributed by atoms with Gasteiger partial charge in [-0.25, -0.2) is 14.8 Å². The number of fused-ring (bicyclic) bond motifs is 4. The average molecular weight is 380 g/mol. The van der Waals surface area contributed by atoms with Crippen molar-refractivity contribution in [1.82, 2.24) is 15.3 Å². The van der Waals surface area contributed by atoms with Crippen LogP contribution in [0.4, 0.5) is 22.1 Å². The van der Waals surface area contributed by atoms with E-state index in [-0.39, 0.29) is 24.0 Å². The standard InChI is InChI=1S/C20H24N6O2/c1-3-13(2)22-19(27)15-7-8-16-18(23-15)26(14-9-11-25(16)12-14)20(28)24-17-6-4-5-10-21-17/h4-8,10,13-14H,3,9,11-12H2,1-2H3,(H,22,27)(H,21,24,28)/t13?,14-/m0/s1. The van der Waals surface area contributed by atoms with Crippen molar-refractivity contribution in [2.24, 2.45) is 0 Å². The molecular weight excluding hydrogens is 356 g/mol. The third kappa shape index (κ3) is 3.37. The molecule has 2 aromatic rings. The lowest BCUT2D eigenvalue weighted by atomic mass is 10.1. The number of nitrogens with zero attached hydrogens (tertiary/aromatic N) is 4. The molecule has 4 heterocycles. The van der Waals surface area contributed by atoms with Gasteiger partial charge in [-0.05, 0) is 44.0 Å². The molecule has 2 atom stereocenters. The summed E-state index contributed by atoms with van der Waals surface area (Å²) in [5, 5.41) is 5.77. The van der Waals surface area contributed by atoms with Crippen LogP contribution in [-0.2, 0) is 0 Å². The number of aromatic nitrogens is 2. The minimum absolute atomic E-state index is 0.0246. The monoisotopic (exact) mass is 380 g/mol. The largest absolute Gasteiger partial charge is 0.366 e. The third-order valence-corrected chi connectivity index (χ3v) is 5.29. The van der Waals surface area contributed by atoms with Gasteiger partial charge < -0.3 is 10.2 Å². The normalized spacial score (nSPS) is 18.4. The molecule has 1 saturated heterocycles. The van der Waals surface area contributed by atoms with Gasteiger partial charge in [-0.2, -0.15) is 0 Å². The summed E-state index contributed by atoms with van der Waals surface area (Å²) >= 11 is 0. The van der Waals surface area contributed by atoms with E-state index in [2.05, 4.69) is 25.5 Å². The van der Waals surface area contributed by atoms with Crippen LogP contribution in [0, 0.1) is 0 Å². The number of hydrogen-bond acceptors (Lipinski definition) is 5. The first kappa shape index (κ1) is 18.2. The van der Waals surface area contributed by atoms with Crippen molar-refractivity contribution in [1.29, 1.82) is 0 Å². The zero-order valence-corrected chi connectivity index (χ0v) is 16.1. The third-order valence-electron chi connectivity index (χ3n) is 5.29. The molecule has 0 aromatic carbocycles. The lowest BCUT2D eigenvalue weighted by Gasteiger charge is -2.35. The van der Waals surface area contributed by atoms with Gasteiger partial charge >= 0.3 is 6.03 Å². The van der Waals surface area contributed by atoms with Gasteiger partial charge in [-0.1, -0.05) is 13.0 Å². The molecule has 3 amide bonds. The molecule has 0 radical (unpaired) electrons. The number of rotatable bonds is 4. The van der Waals surface area contributed by atoms with E-state index in [4.69, 9.17) is 0 Å². The Bertz CT molecular complexity index is 888. The maximum absolute atomic E-state index is 13.0. The van der Waals surface area contributed by atoms with Crippen molar-refractivity contribution in [2.75, 3.05) is 28.2 Å². The van der Waals surface area contributed by atoms with Gasteiger partial charge in [0.15, 0.2) is 5.82 Å². The van der Waals surface area contributed by atoms with Crippen LogP contribution in [0.15, 0.2) is 36.5 Å². The zero-order valence-electron chi connectivity index (χ0n) is 16.1. The van der Waals surface area contributed by atoms with Crippen LogP contribution in [0.5, 0.6) is 0 Å². The average Bonchev–Trinajstić information content (AvgIpc) is 3.12. The van der Waals surface area contributed by atoms with Crippen LogP contribution in [-0.4, -0.2) is 47.1 Å². The lowest BCUT2D eigenvalue weighted by Crippen LogP contribution is -2.48. The summed E-state index contributed by atoms with van der Waals surface area (Å²) < 4.78 is 0. The van der Waals surface area contributed by atoms with E-state index in [9.17, 15) is 9.59 Å². The molecule has 4 rings (SSSR count). The Balaban J connectivity index is 1.65. The Kier molecular flexibility index (Phi) is 4.85. The maximum Gasteiger partial charge on any atom is 0.329 e. The molecule has 2 aromatic heterocycles. The summed E-state index contributed by atoms with van der Waals surface area (Å²) in [5.41, 5.74) is 1.20. The molecule has 2 N–H and O–H groups in total. The van der Waals surface area contributed by atoms with Gasteiger partial charge in [-0.15, -0.1) is 0 Å². The molecule has 0 spiro atoms. The minimum atomic E-state index is -0.279. The molecule has 2 aliphatic heterocycles. The topological polar surface area (TPSA) is 90.5 Å².